The van der Waals surface area contributed by atoms with Gasteiger partial charge in [0.1, 0.15) is 0 Å². The molecule has 6 unspecified atom stereocenters. The number of rotatable bonds is 2. The van der Waals surface area contributed by atoms with Gasteiger partial charge in [-0.05, 0) is 11.8 Å². The molecule has 4 rings (SSSR count). The summed E-state index contributed by atoms with van der Waals surface area (Å²) < 4.78 is 5.85. The standard InChI is InChI=1S/C16H21NO3/c1-5-6-17-13(18)9-8-7-16(15(2,3)4,10(9)14(17)19)12-11(8)20-12/h5,8-12H,1,6-7H2,2-4H3. The highest BCUT2D eigenvalue weighted by atomic mass is 16.6. The summed E-state index contributed by atoms with van der Waals surface area (Å²) in [6.07, 6.45) is 3.02. The van der Waals surface area contributed by atoms with E-state index in [2.05, 4.69) is 27.4 Å². The summed E-state index contributed by atoms with van der Waals surface area (Å²) in [5.41, 5.74) is -0.184. The van der Waals surface area contributed by atoms with Crippen molar-refractivity contribution in [2.45, 2.75) is 39.4 Å². The topological polar surface area (TPSA) is 49.9 Å². The normalized spacial score (nSPS) is 48.5. The summed E-state index contributed by atoms with van der Waals surface area (Å²) in [5.74, 6) is -0.0686. The van der Waals surface area contributed by atoms with E-state index >= 15 is 0 Å². The third kappa shape index (κ3) is 1.10. The zero-order valence-corrected chi connectivity index (χ0v) is 12.3. The van der Waals surface area contributed by atoms with E-state index in [4.69, 9.17) is 4.74 Å². The van der Waals surface area contributed by atoms with Crippen LogP contribution in [0.3, 0.4) is 0 Å². The molecule has 2 saturated heterocycles. The third-order valence-electron chi connectivity index (χ3n) is 6.20. The van der Waals surface area contributed by atoms with Gasteiger partial charge in [-0.15, -0.1) is 6.58 Å². The fraction of sp³-hybridized carbons (Fsp3) is 0.750. The number of hydrogen-bond donors (Lipinski definition) is 0. The van der Waals surface area contributed by atoms with Crippen molar-refractivity contribution in [1.82, 2.24) is 4.90 Å². The van der Waals surface area contributed by atoms with Crippen LogP contribution >= 0.6 is 0 Å². The van der Waals surface area contributed by atoms with Gasteiger partial charge in [0.05, 0.1) is 24.0 Å². The molecular weight excluding hydrogens is 254 g/mol. The second-order valence-electron chi connectivity index (χ2n) is 7.76. The molecule has 0 aromatic carbocycles. The molecule has 2 saturated carbocycles. The van der Waals surface area contributed by atoms with E-state index in [0.717, 1.165) is 6.42 Å². The summed E-state index contributed by atoms with van der Waals surface area (Å²) in [6, 6.07) is 0. The molecule has 0 spiro atoms. The fourth-order valence-electron chi connectivity index (χ4n) is 5.35. The molecular formula is C16H21NO3. The minimum absolute atomic E-state index is 0.00461. The lowest BCUT2D eigenvalue weighted by Gasteiger charge is -2.44. The quantitative estimate of drug-likeness (QED) is 0.437. The lowest BCUT2D eigenvalue weighted by molar-refractivity contribution is -0.142. The maximum absolute atomic E-state index is 12.8. The zero-order valence-electron chi connectivity index (χ0n) is 12.3. The first kappa shape index (κ1) is 12.6. The van der Waals surface area contributed by atoms with Crippen LogP contribution in [0.25, 0.3) is 0 Å². The lowest BCUT2D eigenvalue weighted by atomic mass is 9.58. The largest absolute Gasteiger partial charge is 0.369 e. The van der Waals surface area contributed by atoms with E-state index in [0.29, 0.717) is 6.54 Å². The molecule has 2 aliphatic carbocycles. The van der Waals surface area contributed by atoms with Crippen LogP contribution in [0.2, 0.25) is 0 Å². The average Bonchev–Trinajstić information content (AvgIpc) is 2.93. The van der Waals surface area contributed by atoms with Crippen LogP contribution in [-0.2, 0) is 14.3 Å². The van der Waals surface area contributed by atoms with E-state index < -0.39 is 0 Å². The highest BCUT2D eigenvalue weighted by Crippen LogP contribution is 2.75. The van der Waals surface area contributed by atoms with Crippen molar-refractivity contribution in [2.75, 3.05) is 6.54 Å². The Bertz CT molecular complexity index is 534. The average molecular weight is 275 g/mol. The first-order valence-corrected chi connectivity index (χ1v) is 7.46. The molecule has 6 atom stereocenters. The van der Waals surface area contributed by atoms with Gasteiger partial charge in [-0.25, -0.2) is 0 Å². The number of imide groups is 1. The maximum Gasteiger partial charge on any atom is 0.234 e. The highest BCUT2D eigenvalue weighted by Gasteiger charge is 2.82. The molecule has 2 heterocycles. The summed E-state index contributed by atoms with van der Waals surface area (Å²) in [5, 5.41) is 0. The van der Waals surface area contributed by atoms with Gasteiger partial charge in [-0.3, -0.25) is 14.5 Å². The van der Waals surface area contributed by atoms with Crippen LogP contribution in [0.5, 0.6) is 0 Å². The van der Waals surface area contributed by atoms with Crippen LogP contribution < -0.4 is 0 Å². The first-order valence-electron chi connectivity index (χ1n) is 7.46. The molecule has 4 fully saturated rings. The number of carbonyl (C=O) groups is 2. The fourth-order valence-corrected chi connectivity index (χ4v) is 5.35. The van der Waals surface area contributed by atoms with Gasteiger partial charge in [0, 0.05) is 17.9 Å². The number of ether oxygens (including phenoxy) is 1. The molecule has 0 aromatic rings. The van der Waals surface area contributed by atoms with Crippen LogP contribution in [0, 0.1) is 28.6 Å². The van der Waals surface area contributed by atoms with Crippen LogP contribution in [0.15, 0.2) is 12.7 Å². The second-order valence-corrected chi connectivity index (χ2v) is 7.76. The summed E-state index contributed by atoms with van der Waals surface area (Å²) in [4.78, 5) is 26.8. The summed E-state index contributed by atoms with van der Waals surface area (Å²) in [6.45, 7) is 10.6. The molecule has 2 bridgehead atoms. The predicted molar refractivity (Wildman–Crippen MR) is 72.6 cm³/mol. The van der Waals surface area contributed by atoms with Crippen molar-refractivity contribution in [2.24, 2.45) is 28.6 Å². The van der Waals surface area contributed by atoms with Crippen molar-refractivity contribution in [3.63, 3.8) is 0 Å². The number of amides is 2. The van der Waals surface area contributed by atoms with E-state index in [9.17, 15) is 9.59 Å². The highest BCUT2D eigenvalue weighted by molar-refractivity contribution is 6.07. The zero-order chi connectivity index (χ0) is 14.4. The third-order valence-corrected chi connectivity index (χ3v) is 6.20. The molecule has 0 aromatic heterocycles. The van der Waals surface area contributed by atoms with Crippen molar-refractivity contribution >= 4 is 11.8 Å². The Morgan fingerprint density at radius 3 is 2.70 bits per heavy atom. The van der Waals surface area contributed by atoms with Gasteiger partial charge in [0.25, 0.3) is 0 Å². The molecule has 2 amide bonds. The number of nitrogens with zero attached hydrogens (tertiary/aromatic N) is 1. The van der Waals surface area contributed by atoms with E-state index in [1.807, 2.05) is 0 Å². The Morgan fingerprint density at radius 1 is 1.40 bits per heavy atom. The molecule has 20 heavy (non-hydrogen) atoms. The molecule has 4 nitrogen and oxygen atoms in total. The predicted octanol–water partition coefficient (Wildman–Crippen LogP) is 1.61. The van der Waals surface area contributed by atoms with Crippen molar-refractivity contribution in [3.8, 4) is 0 Å². The monoisotopic (exact) mass is 275 g/mol. The van der Waals surface area contributed by atoms with Crippen LogP contribution in [0.4, 0.5) is 0 Å². The number of carbonyl (C=O) groups excluding carboxylic acids is 2. The molecule has 4 aliphatic rings. The van der Waals surface area contributed by atoms with Gasteiger partial charge in [-0.2, -0.15) is 0 Å². The van der Waals surface area contributed by atoms with Gasteiger partial charge >= 0.3 is 0 Å². The summed E-state index contributed by atoms with van der Waals surface area (Å²) >= 11 is 0. The molecule has 4 heteroatoms. The van der Waals surface area contributed by atoms with Crippen molar-refractivity contribution in [1.29, 1.82) is 0 Å². The number of epoxide rings is 1. The summed E-state index contributed by atoms with van der Waals surface area (Å²) in [7, 11) is 0. The first-order chi connectivity index (χ1) is 9.34. The van der Waals surface area contributed by atoms with E-state index in [1.54, 1.807) is 6.08 Å². The Morgan fingerprint density at radius 2 is 2.10 bits per heavy atom. The molecule has 0 radical (unpaired) electrons. The number of likely N-dealkylation sites (tertiary alicyclic amines) is 1. The van der Waals surface area contributed by atoms with E-state index in [-0.39, 0.29) is 52.6 Å². The number of hydrogen-bond acceptors (Lipinski definition) is 3. The maximum atomic E-state index is 12.8. The second kappa shape index (κ2) is 3.35. The molecule has 0 N–H and O–H groups in total. The minimum Gasteiger partial charge on any atom is -0.369 e. The van der Waals surface area contributed by atoms with Gasteiger partial charge in [0.15, 0.2) is 0 Å². The molecule has 2 aliphatic heterocycles. The van der Waals surface area contributed by atoms with Gasteiger partial charge in [0.2, 0.25) is 11.8 Å². The Hall–Kier alpha value is -1.16. The Balaban J connectivity index is 1.82. The minimum atomic E-state index is -0.177. The molecule has 108 valence electrons. The lowest BCUT2D eigenvalue weighted by Crippen LogP contribution is -2.48. The van der Waals surface area contributed by atoms with Crippen molar-refractivity contribution in [3.05, 3.63) is 12.7 Å². The number of fused-ring (bicyclic) bond motifs is 8. The SMILES string of the molecule is C=CCN1C(=O)C2C3CC(C(C)(C)C)(C4OC34)C2C1=O. The van der Waals surface area contributed by atoms with Gasteiger partial charge in [-0.1, -0.05) is 26.8 Å². The van der Waals surface area contributed by atoms with Crippen LogP contribution in [-0.4, -0.2) is 35.5 Å². The van der Waals surface area contributed by atoms with E-state index in [1.165, 1.54) is 4.90 Å². The Labute approximate surface area is 119 Å². The van der Waals surface area contributed by atoms with Gasteiger partial charge < -0.3 is 4.74 Å². The van der Waals surface area contributed by atoms with Crippen molar-refractivity contribution < 1.29 is 14.3 Å². The smallest absolute Gasteiger partial charge is 0.234 e. The Kier molecular flexibility index (Phi) is 2.11. The van der Waals surface area contributed by atoms with Crippen LogP contribution in [0.1, 0.15) is 27.2 Å².